The van der Waals surface area contributed by atoms with Crippen LogP contribution in [0.4, 0.5) is 10.1 Å². The van der Waals surface area contributed by atoms with E-state index in [1.165, 1.54) is 6.07 Å². The van der Waals surface area contributed by atoms with E-state index in [0.717, 1.165) is 44.6 Å². The molecule has 5 heteroatoms. The van der Waals surface area contributed by atoms with Gasteiger partial charge < -0.3 is 15.5 Å². The number of rotatable bonds is 4. The van der Waals surface area contributed by atoms with Crippen molar-refractivity contribution in [3.8, 4) is 0 Å². The Hall–Kier alpha value is -1.62. The molecule has 2 fully saturated rings. The quantitative estimate of drug-likeness (QED) is 0.871. The summed E-state index contributed by atoms with van der Waals surface area (Å²) in [5.41, 5.74) is 1.47. The van der Waals surface area contributed by atoms with Crippen molar-refractivity contribution < 1.29 is 9.18 Å². The molecule has 1 aromatic carbocycles. The third-order valence-electron chi connectivity index (χ3n) is 3.88. The van der Waals surface area contributed by atoms with Gasteiger partial charge in [0.15, 0.2) is 0 Å². The van der Waals surface area contributed by atoms with Crippen LogP contribution < -0.4 is 15.5 Å². The molecule has 0 atom stereocenters. The van der Waals surface area contributed by atoms with Crippen LogP contribution in [0, 0.1) is 11.7 Å². The molecule has 2 N–H and O–H groups in total. The highest BCUT2D eigenvalue weighted by molar-refractivity contribution is 5.80. The first-order valence-corrected chi connectivity index (χ1v) is 7.26. The smallest absolute Gasteiger partial charge is 0.223 e. The first-order chi connectivity index (χ1) is 9.74. The van der Waals surface area contributed by atoms with Gasteiger partial charge in [-0.15, -0.1) is 0 Å². The Bertz CT molecular complexity index is 496. The van der Waals surface area contributed by atoms with E-state index >= 15 is 0 Å². The fourth-order valence-corrected chi connectivity index (χ4v) is 2.50. The van der Waals surface area contributed by atoms with Gasteiger partial charge in [0.1, 0.15) is 5.82 Å². The van der Waals surface area contributed by atoms with E-state index in [1.807, 2.05) is 12.1 Å². The lowest BCUT2D eigenvalue weighted by Crippen LogP contribution is -2.43. The van der Waals surface area contributed by atoms with Crippen LogP contribution in [0.3, 0.4) is 0 Å². The lowest BCUT2D eigenvalue weighted by atomic mass is 10.1. The van der Waals surface area contributed by atoms with Gasteiger partial charge in [-0.3, -0.25) is 4.79 Å². The lowest BCUT2D eigenvalue weighted by Gasteiger charge is -2.29. The Morgan fingerprint density at radius 2 is 2.10 bits per heavy atom. The van der Waals surface area contributed by atoms with Crippen molar-refractivity contribution >= 4 is 11.6 Å². The molecule has 108 valence electrons. The van der Waals surface area contributed by atoms with E-state index in [9.17, 15) is 9.18 Å². The third-order valence-corrected chi connectivity index (χ3v) is 3.88. The molecule has 20 heavy (non-hydrogen) atoms. The molecule has 0 aromatic heterocycles. The van der Waals surface area contributed by atoms with Gasteiger partial charge in [-0.2, -0.15) is 0 Å². The molecule has 0 radical (unpaired) electrons. The number of anilines is 1. The first kappa shape index (κ1) is 13.4. The van der Waals surface area contributed by atoms with Gasteiger partial charge >= 0.3 is 0 Å². The summed E-state index contributed by atoms with van der Waals surface area (Å²) in [6.07, 6.45) is 1.98. The third kappa shape index (κ3) is 3.10. The van der Waals surface area contributed by atoms with Crippen LogP contribution in [-0.2, 0) is 11.3 Å². The van der Waals surface area contributed by atoms with E-state index < -0.39 is 0 Å². The predicted octanol–water partition coefficient (Wildman–Crippen LogP) is 1.26. The predicted molar refractivity (Wildman–Crippen MR) is 76.1 cm³/mol. The van der Waals surface area contributed by atoms with E-state index in [2.05, 4.69) is 15.5 Å². The van der Waals surface area contributed by atoms with Gasteiger partial charge in [-0.05, 0) is 30.5 Å². The van der Waals surface area contributed by atoms with E-state index in [-0.39, 0.29) is 17.6 Å². The Balaban J connectivity index is 1.62. The zero-order valence-electron chi connectivity index (χ0n) is 11.5. The summed E-state index contributed by atoms with van der Waals surface area (Å²) < 4.78 is 14.2. The second kappa shape index (κ2) is 5.79. The highest BCUT2D eigenvalue weighted by Gasteiger charge is 2.29. The molecule has 1 heterocycles. The molecule has 1 saturated heterocycles. The SMILES string of the molecule is O=C(NCc1ccc(N2CCNCC2)c(F)c1)C1CC1. The molecule has 1 aliphatic carbocycles. The number of nitrogens with zero attached hydrogens (tertiary/aromatic N) is 1. The molecule has 1 saturated carbocycles. The van der Waals surface area contributed by atoms with Crippen LogP contribution >= 0.6 is 0 Å². The summed E-state index contributed by atoms with van der Waals surface area (Å²) >= 11 is 0. The summed E-state index contributed by atoms with van der Waals surface area (Å²) in [6.45, 7) is 3.84. The van der Waals surface area contributed by atoms with Crippen LogP contribution in [0.5, 0.6) is 0 Å². The molecule has 0 spiro atoms. The van der Waals surface area contributed by atoms with Gasteiger partial charge in [0.05, 0.1) is 5.69 Å². The van der Waals surface area contributed by atoms with E-state index in [1.54, 1.807) is 0 Å². The maximum Gasteiger partial charge on any atom is 0.223 e. The summed E-state index contributed by atoms with van der Waals surface area (Å²) in [6, 6.07) is 5.25. The van der Waals surface area contributed by atoms with Crippen LogP contribution in [0.2, 0.25) is 0 Å². The summed E-state index contributed by atoms with van der Waals surface area (Å²) in [4.78, 5) is 13.6. The fourth-order valence-electron chi connectivity index (χ4n) is 2.50. The second-order valence-corrected chi connectivity index (χ2v) is 5.51. The average molecular weight is 277 g/mol. The van der Waals surface area contributed by atoms with Crippen molar-refractivity contribution in [2.45, 2.75) is 19.4 Å². The number of hydrogen-bond donors (Lipinski definition) is 2. The summed E-state index contributed by atoms with van der Waals surface area (Å²) in [7, 11) is 0. The van der Waals surface area contributed by atoms with Crippen LogP contribution in [-0.4, -0.2) is 32.1 Å². The zero-order chi connectivity index (χ0) is 13.9. The molecule has 1 aromatic rings. The highest BCUT2D eigenvalue weighted by atomic mass is 19.1. The van der Waals surface area contributed by atoms with E-state index in [4.69, 9.17) is 0 Å². The van der Waals surface area contributed by atoms with Gasteiger partial charge in [0.25, 0.3) is 0 Å². The number of hydrogen-bond acceptors (Lipinski definition) is 3. The summed E-state index contributed by atoms with van der Waals surface area (Å²) in [5.74, 6) is 0.0848. The maximum atomic E-state index is 14.2. The lowest BCUT2D eigenvalue weighted by molar-refractivity contribution is -0.122. The van der Waals surface area contributed by atoms with Gasteiger partial charge in [0, 0.05) is 38.6 Å². The van der Waals surface area contributed by atoms with Crippen LogP contribution in [0.1, 0.15) is 18.4 Å². The molecule has 0 unspecified atom stereocenters. The Labute approximate surface area is 118 Å². The molecule has 4 nitrogen and oxygen atoms in total. The van der Waals surface area contributed by atoms with Crippen molar-refractivity contribution in [2.24, 2.45) is 5.92 Å². The maximum absolute atomic E-state index is 14.2. The largest absolute Gasteiger partial charge is 0.367 e. The number of halogens is 1. The van der Waals surface area contributed by atoms with Gasteiger partial charge in [0.2, 0.25) is 5.91 Å². The molecule has 1 amide bonds. The van der Waals surface area contributed by atoms with Crippen molar-refractivity contribution in [2.75, 3.05) is 31.1 Å². The summed E-state index contributed by atoms with van der Waals surface area (Å²) in [5, 5.41) is 6.11. The molecule has 2 aliphatic rings. The van der Waals surface area contributed by atoms with Crippen molar-refractivity contribution in [1.82, 2.24) is 10.6 Å². The number of carbonyl (C=O) groups excluding carboxylic acids is 1. The standard InChI is InChI=1S/C15H20FN3O/c16-13-9-11(10-18-15(20)12-2-3-12)1-4-14(13)19-7-5-17-6-8-19/h1,4,9,12,17H,2-3,5-8,10H2,(H,18,20). The monoisotopic (exact) mass is 277 g/mol. The minimum Gasteiger partial charge on any atom is -0.367 e. The fraction of sp³-hybridized carbons (Fsp3) is 0.533. The highest BCUT2D eigenvalue weighted by Crippen LogP contribution is 2.29. The molecule has 1 aliphatic heterocycles. The van der Waals surface area contributed by atoms with Crippen LogP contribution in [0.15, 0.2) is 18.2 Å². The Kier molecular flexibility index (Phi) is 3.87. The normalized spacial score (nSPS) is 18.9. The minimum absolute atomic E-state index is 0.0941. The zero-order valence-corrected chi connectivity index (χ0v) is 11.5. The molecule has 3 rings (SSSR count). The Morgan fingerprint density at radius 1 is 1.35 bits per heavy atom. The second-order valence-electron chi connectivity index (χ2n) is 5.51. The van der Waals surface area contributed by atoms with Crippen molar-refractivity contribution in [3.63, 3.8) is 0 Å². The number of piperazine rings is 1. The minimum atomic E-state index is -0.204. The molecular formula is C15H20FN3O. The van der Waals surface area contributed by atoms with Gasteiger partial charge in [-0.1, -0.05) is 6.07 Å². The van der Waals surface area contributed by atoms with Gasteiger partial charge in [-0.25, -0.2) is 4.39 Å². The number of benzene rings is 1. The van der Waals surface area contributed by atoms with Crippen molar-refractivity contribution in [1.29, 1.82) is 0 Å². The molecule has 0 bridgehead atoms. The number of nitrogens with one attached hydrogen (secondary N) is 2. The topological polar surface area (TPSA) is 44.4 Å². The Morgan fingerprint density at radius 3 is 2.75 bits per heavy atom. The van der Waals surface area contributed by atoms with Crippen molar-refractivity contribution in [3.05, 3.63) is 29.6 Å². The molecular weight excluding hydrogens is 257 g/mol. The number of amides is 1. The van der Waals surface area contributed by atoms with E-state index in [0.29, 0.717) is 12.2 Å². The number of carbonyl (C=O) groups is 1. The first-order valence-electron chi connectivity index (χ1n) is 7.26. The van der Waals surface area contributed by atoms with Crippen LogP contribution in [0.25, 0.3) is 0 Å². The average Bonchev–Trinajstić information content (AvgIpc) is 3.30.